The number of carboxylic acid groups (broad SMARTS) is 1. The first kappa shape index (κ1) is 25.6. The van der Waals surface area contributed by atoms with Gasteiger partial charge in [-0.25, -0.2) is 4.79 Å². The second-order valence-corrected chi connectivity index (χ2v) is 8.60. The van der Waals surface area contributed by atoms with Crippen LogP contribution in [-0.2, 0) is 15.8 Å². The SMILES string of the molecule is CC(=NOCC(=O)O)c1cccc(Nc2nnc(-c3cccc(Oc4cccc(C(F)(F)F)c4)c3)s2)c1. The van der Waals surface area contributed by atoms with Crippen molar-refractivity contribution in [1.82, 2.24) is 10.2 Å². The van der Waals surface area contributed by atoms with Crippen LogP contribution in [0.4, 0.5) is 24.0 Å². The lowest BCUT2D eigenvalue weighted by atomic mass is 10.1. The summed E-state index contributed by atoms with van der Waals surface area (Å²) in [6.45, 7) is 1.16. The number of nitrogens with zero attached hydrogens (tertiary/aromatic N) is 3. The molecule has 0 aliphatic rings. The third-order valence-electron chi connectivity index (χ3n) is 4.82. The number of nitrogens with one attached hydrogen (secondary N) is 1. The van der Waals surface area contributed by atoms with Crippen molar-refractivity contribution >= 4 is 33.8 Å². The van der Waals surface area contributed by atoms with Crippen molar-refractivity contribution in [2.45, 2.75) is 13.1 Å². The molecule has 0 amide bonds. The lowest BCUT2D eigenvalue weighted by Crippen LogP contribution is -2.05. The topological polar surface area (TPSA) is 106 Å². The van der Waals surface area contributed by atoms with Gasteiger partial charge in [-0.2, -0.15) is 13.2 Å². The van der Waals surface area contributed by atoms with Crippen molar-refractivity contribution in [3.05, 3.63) is 83.9 Å². The molecule has 190 valence electrons. The molecule has 2 N–H and O–H groups in total. The zero-order valence-corrected chi connectivity index (χ0v) is 20.0. The number of hydrogen-bond acceptors (Lipinski definition) is 8. The summed E-state index contributed by atoms with van der Waals surface area (Å²) in [7, 11) is 0. The van der Waals surface area contributed by atoms with E-state index in [1.54, 1.807) is 49.4 Å². The minimum Gasteiger partial charge on any atom is -0.479 e. The molecular formula is C25H19F3N4O4S. The van der Waals surface area contributed by atoms with Gasteiger partial charge in [-0.05, 0) is 49.4 Å². The highest BCUT2D eigenvalue weighted by atomic mass is 32.1. The van der Waals surface area contributed by atoms with Gasteiger partial charge in [0.1, 0.15) is 16.5 Å². The minimum atomic E-state index is -4.46. The molecule has 8 nitrogen and oxygen atoms in total. The van der Waals surface area contributed by atoms with Crippen molar-refractivity contribution in [1.29, 1.82) is 0 Å². The number of aliphatic carboxylic acids is 1. The normalized spacial score (nSPS) is 11.7. The number of halogens is 3. The molecule has 4 rings (SSSR count). The van der Waals surface area contributed by atoms with E-state index in [1.165, 1.54) is 23.5 Å². The molecule has 0 fully saturated rings. The Morgan fingerprint density at radius 2 is 1.76 bits per heavy atom. The monoisotopic (exact) mass is 528 g/mol. The first-order chi connectivity index (χ1) is 17.7. The summed E-state index contributed by atoms with van der Waals surface area (Å²) in [6, 6.07) is 18.7. The summed E-state index contributed by atoms with van der Waals surface area (Å²) in [5, 5.41) is 25.0. The maximum atomic E-state index is 13.0. The molecule has 0 bridgehead atoms. The Morgan fingerprint density at radius 3 is 2.51 bits per heavy atom. The molecule has 3 aromatic carbocycles. The highest BCUT2D eigenvalue weighted by molar-refractivity contribution is 7.18. The number of rotatable bonds is 9. The van der Waals surface area contributed by atoms with Crippen LogP contribution in [0.25, 0.3) is 10.6 Å². The summed E-state index contributed by atoms with van der Waals surface area (Å²) in [5.74, 6) is -0.695. The minimum absolute atomic E-state index is 0.0682. The van der Waals surface area contributed by atoms with E-state index in [0.717, 1.165) is 17.7 Å². The van der Waals surface area contributed by atoms with Crippen molar-refractivity contribution in [2.75, 3.05) is 11.9 Å². The maximum Gasteiger partial charge on any atom is 0.416 e. The van der Waals surface area contributed by atoms with Gasteiger partial charge in [0.25, 0.3) is 0 Å². The van der Waals surface area contributed by atoms with E-state index >= 15 is 0 Å². The standard InChI is InChI=1S/C25H19F3N4O4S/c1-15(32-35-14-22(33)34)16-5-2-8-19(11-16)29-24-31-30-23(37-24)17-6-3-9-20(12-17)36-21-10-4-7-18(13-21)25(26,27)28/h2-13H,14H2,1H3,(H,29,31)(H,33,34). The van der Waals surface area contributed by atoms with E-state index in [4.69, 9.17) is 14.7 Å². The highest BCUT2D eigenvalue weighted by Gasteiger charge is 2.30. The molecule has 0 aliphatic carbocycles. The fourth-order valence-electron chi connectivity index (χ4n) is 3.14. The number of ether oxygens (including phenoxy) is 1. The summed E-state index contributed by atoms with van der Waals surface area (Å²) in [5.41, 5.74) is 1.82. The predicted molar refractivity (Wildman–Crippen MR) is 132 cm³/mol. The molecule has 0 aliphatic heterocycles. The van der Waals surface area contributed by atoms with Crippen LogP contribution in [0.3, 0.4) is 0 Å². The van der Waals surface area contributed by atoms with Crippen molar-refractivity contribution in [3.8, 4) is 22.1 Å². The average Bonchev–Trinajstić information content (AvgIpc) is 3.32. The van der Waals surface area contributed by atoms with Gasteiger partial charge in [0, 0.05) is 16.8 Å². The molecule has 12 heteroatoms. The van der Waals surface area contributed by atoms with Crippen LogP contribution in [0, 0.1) is 0 Å². The second-order valence-electron chi connectivity index (χ2n) is 7.62. The van der Waals surface area contributed by atoms with Crippen molar-refractivity contribution in [2.24, 2.45) is 5.16 Å². The van der Waals surface area contributed by atoms with E-state index in [9.17, 15) is 18.0 Å². The van der Waals surface area contributed by atoms with E-state index in [2.05, 4.69) is 20.7 Å². The van der Waals surface area contributed by atoms with Gasteiger partial charge in [0.15, 0.2) is 0 Å². The number of oxime groups is 1. The molecule has 37 heavy (non-hydrogen) atoms. The fourth-order valence-corrected chi connectivity index (χ4v) is 3.90. The van der Waals surface area contributed by atoms with Crippen LogP contribution in [0.15, 0.2) is 78.0 Å². The summed E-state index contributed by atoms with van der Waals surface area (Å²) in [6.07, 6.45) is -4.46. The van der Waals surface area contributed by atoms with Crippen LogP contribution >= 0.6 is 11.3 Å². The Balaban J connectivity index is 1.46. The van der Waals surface area contributed by atoms with E-state index < -0.39 is 24.3 Å². The summed E-state index contributed by atoms with van der Waals surface area (Å²) >= 11 is 1.28. The molecule has 0 saturated carbocycles. The summed E-state index contributed by atoms with van der Waals surface area (Å²) < 4.78 is 44.6. The van der Waals surface area contributed by atoms with Gasteiger partial charge < -0.3 is 20.0 Å². The van der Waals surface area contributed by atoms with Crippen LogP contribution in [-0.4, -0.2) is 33.6 Å². The zero-order chi connectivity index (χ0) is 26.4. The quantitative estimate of drug-likeness (QED) is 0.187. The number of benzene rings is 3. The molecule has 1 heterocycles. The van der Waals surface area contributed by atoms with E-state index in [-0.39, 0.29) is 5.75 Å². The number of anilines is 2. The van der Waals surface area contributed by atoms with Crippen LogP contribution in [0.2, 0.25) is 0 Å². The number of hydrogen-bond donors (Lipinski definition) is 2. The van der Waals surface area contributed by atoms with Gasteiger partial charge in [-0.3, -0.25) is 0 Å². The lowest BCUT2D eigenvalue weighted by Gasteiger charge is -2.10. The van der Waals surface area contributed by atoms with Gasteiger partial charge in [0.2, 0.25) is 11.7 Å². The summed E-state index contributed by atoms with van der Waals surface area (Å²) in [4.78, 5) is 15.3. The second kappa shape index (κ2) is 11.1. The lowest BCUT2D eigenvalue weighted by molar-refractivity contribution is -0.142. The Kier molecular flexibility index (Phi) is 7.68. The zero-order valence-electron chi connectivity index (χ0n) is 19.2. The van der Waals surface area contributed by atoms with Gasteiger partial charge in [0.05, 0.1) is 11.3 Å². The fraction of sp³-hybridized carbons (Fsp3) is 0.120. The Bertz CT molecular complexity index is 1440. The first-order valence-electron chi connectivity index (χ1n) is 10.7. The van der Waals surface area contributed by atoms with E-state index in [1.807, 2.05) is 6.07 Å². The van der Waals surface area contributed by atoms with Crippen molar-refractivity contribution < 1.29 is 32.6 Å². The number of alkyl halides is 3. The number of carbonyl (C=O) groups is 1. The molecular weight excluding hydrogens is 509 g/mol. The number of aromatic nitrogens is 2. The molecule has 4 aromatic rings. The highest BCUT2D eigenvalue weighted by Crippen LogP contribution is 2.34. The molecule has 0 unspecified atom stereocenters. The first-order valence-corrected chi connectivity index (χ1v) is 11.5. The van der Waals surface area contributed by atoms with Gasteiger partial charge in [-0.1, -0.05) is 46.8 Å². The molecule has 0 atom stereocenters. The average molecular weight is 529 g/mol. The smallest absolute Gasteiger partial charge is 0.416 e. The van der Waals surface area contributed by atoms with Crippen molar-refractivity contribution in [3.63, 3.8) is 0 Å². The van der Waals surface area contributed by atoms with Crippen LogP contribution in [0.5, 0.6) is 11.5 Å². The Morgan fingerprint density at radius 1 is 1.03 bits per heavy atom. The number of carboxylic acids is 1. The predicted octanol–water partition coefficient (Wildman–Crippen LogP) is 6.59. The van der Waals surface area contributed by atoms with Crippen LogP contribution < -0.4 is 10.1 Å². The molecule has 1 aromatic heterocycles. The van der Waals surface area contributed by atoms with E-state index in [0.29, 0.717) is 32.9 Å². The molecule has 0 radical (unpaired) electrons. The Labute approximate surface area is 213 Å². The Hall–Kier alpha value is -4.45. The van der Waals surface area contributed by atoms with Gasteiger partial charge >= 0.3 is 12.1 Å². The third kappa shape index (κ3) is 7.04. The molecule has 0 saturated heterocycles. The van der Waals surface area contributed by atoms with Gasteiger partial charge in [-0.15, -0.1) is 10.2 Å². The molecule has 0 spiro atoms. The third-order valence-corrected chi connectivity index (χ3v) is 5.71. The maximum absolute atomic E-state index is 13.0. The largest absolute Gasteiger partial charge is 0.479 e. The van der Waals surface area contributed by atoms with Crippen LogP contribution in [0.1, 0.15) is 18.1 Å².